The number of hydrogen-bond donors (Lipinski definition) is 2. The Labute approximate surface area is 228 Å². The van der Waals surface area contributed by atoms with E-state index in [0.717, 1.165) is 67.8 Å². The van der Waals surface area contributed by atoms with Crippen LogP contribution in [0.15, 0.2) is 58.1 Å². The first-order valence-corrected chi connectivity index (χ1v) is 13.2. The summed E-state index contributed by atoms with van der Waals surface area (Å²) >= 11 is 5.23. The first kappa shape index (κ1) is 27.9. The van der Waals surface area contributed by atoms with Crippen molar-refractivity contribution in [3.63, 3.8) is 0 Å². The Kier molecular flexibility index (Phi) is 7.73. The van der Waals surface area contributed by atoms with Crippen LogP contribution in [0.5, 0.6) is 0 Å². The minimum absolute atomic E-state index is 0.0544. The summed E-state index contributed by atoms with van der Waals surface area (Å²) in [6.45, 7) is 1.23. The number of carbonyl (C=O) groups is 1. The number of halogens is 4. The summed E-state index contributed by atoms with van der Waals surface area (Å²) in [5.74, 6) is 5.24. The highest BCUT2D eigenvalue weighted by Gasteiger charge is 2.59. The van der Waals surface area contributed by atoms with Gasteiger partial charge in [-0.3, -0.25) is 10.1 Å². The van der Waals surface area contributed by atoms with Crippen LogP contribution in [-0.4, -0.2) is 27.7 Å². The molecule has 0 aliphatic heterocycles. The summed E-state index contributed by atoms with van der Waals surface area (Å²) in [6, 6.07) is 9.80. The van der Waals surface area contributed by atoms with Gasteiger partial charge in [-0.05, 0) is 75.8 Å². The predicted octanol–water partition coefficient (Wildman–Crippen LogP) is 6.49. The van der Waals surface area contributed by atoms with E-state index < -0.39 is 34.8 Å². The first-order chi connectivity index (χ1) is 17.9. The average molecular weight is 613 g/mol. The molecule has 13 heteroatoms. The van der Waals surface area contributed by atoms with E-state index in [2.05, 4.69) is 15.9 Å². The van der Waals surface area contributed by atoms with Gasteiger partial charge in [0.05, 0.1) is 26.5 Å². The third kappa shape index (κ3) is 5.49. The first-order valence-electron chi connectivity index (χ1n) is 11.6. The SMILES string of the molecule is CCC(OC(=O)c1ccc([N+](=O)[O-])cc1)(/C(N)=C/N(N)Cc1ccc2c(C3CC3)c(Br)sc2c1)C(F)(F)F. The third-order valence-electron chi connectivity index (χ3n) is 6.41. The number of hydrazine groups is 1. The lowest BCUT2D eigenvalue weighted by Crippen LogP contribution is -2.53. The molecule has 0 saturated heterocycles. The Hall–Kier alpha value is -3.16. The molecule has 1 aromatic heterocycles. The van der Waals surface area contributed by atoms with Crippen molar-refractivity contribution in [1.29, 1.82) is 0 Å². The van der Waals surface area contributed by atoms with Gasteiger partial charge in [-0.2, -0.15) is 13.2 Å². The molecule has 3 aromatic rings. The maximum Gasteiger partial charge on any atom is 0.434 e. The molecule has 4 rings (SSSR count). The Morgan fingerprint density at radius 2 is 1.92 bits per heavy atom. The summed E-state index contributed by atoms with van der Waals surface area (Å²) in [5.41, 5.74) is 3.36. The number of fused-ring (bicyclic) bond motifs is 1. The van der Waals surface area contributed by atoms with E-state index >= 15 is 0 Å². The summed E-state index contributed by atoms with van der Waals surface area (Å²) in [6.07, 6.45) is -2.57. The molecule has 1 fully saturated rings. The molecular weight excluding hydrogens is 589 g/mol. The van der Waals surface area contributed by atoms with Gasteiger partial charge in [-0.25, -0.2) is 10.6 Å². The fourth-order valence-electron chi connectivity index (χ4n) is 4.21. The van der Waals surface area contributed by atoms with Crippen LogP contribution in [0.1, 0.15) is 53.6 Å². The van der Waals surface area contributed by atoms with Crippen LogP contribution in [0.25, 0.3) is 10.1 Å². The topological polar surface area (TPSA) is 125 Å². The number of nitro benzene ring substituents is 1. The van der Waals surface area contributed by atoms with Crippen molar-refractivity contribution < 1.29 is 27.6 Å². The van der Waals surface area contributed by atoms with Crippen molar-refractivity contribution in [2.75, 3.05) is 0 Å². The minimum Gasteiger partial charge on any atom is -0.439 e. The summed E-state index contributed by atoms with van der Waals surface area (Å²) < 4.78 is 49.9. The zero-order valence-electron chi connectivity index (χ0n) is 20.1. The number of carbonyl (C=O) groups excluding carboxylic acids is 1. The number of non-ortho nitro benzene ring substituents is 1. The highest BCUT2D eigenvalue weighted by Crippen LogP contribution is 2.50. The number of esters is 1. The number of nitrogens with zero attached hydrogens (tertiary/aromatic N) is 2. The van der Waals surface area contributed by atoms with Crippen LogP contribution >= 0.6 is 27.3 Å². The molecule has 1 saturated carbocycles. The van der Waals surface area contributed by atoms with Gasteiger partial charge in [0.15, 0.2) is 0 Å². The Balaban J connectivity index is 1.56. The molecule has 1 heterocycles. The van der Waals surface area contributed by atoms with E-state index in [0.29, 0.717) is 5.92 Å². The molecule has 0 radical (unpaired) electrons. The summed E-state index contributed by atoms with van der Waals surface area (Å²) in [5, 5.41) is 13.0. The maximum absolute atomic E-state index is 14.3. The Morgan fingerprint density at radius 1 is 1.26 bits per heavy atom. The second-order valence-electron chi connectivity index (χ2n) is 9.02. The summed E-state index contributed by atoms with van der Waals surface area (Å²) in [4.78, 5) is 22.7. The van der Waals surface area contributed by atoms with Gasteiger partial charge in [0.25, 0.3) is 5.69 Å². The molecule has 0 amide bonds. The molecule has 38 heavy (non-hydrogen) atoms. The van der Waals surface area contributed by atoms with Crippen LogP contribution in [0.2, 0.25) is 0 Å². The van der Waals surface area contributed by atoms with E-state index in [9.17, 15) is 28.1 Å². The molecule has 1 aliphatic carbocycles. The largest absolute Gasteiger partial charge is 0.439 e. The van der Waals surface area contributed by atoms with E-state index in [1.54, 1.807) is 11.3 Å². The third-order valence-corrected chi connectivity index (χ3v) is 8.28. The number of rotatable bonds is 9. The molecule has 8 nitrogen and oxygen atoms in total. The highest BCUT2D eigenvalue weighted by molar-refractivity contribution is 9.11. The zero-order valence-corrected chi connectivity index (χ0v) is 22.5. The van der Waals surface area contributed by atoms with Gasteiger partial charge >= 0.3 is 12.1 Å². The molecule has 2 aromatic carbocycles. The van der Waals surface area contributed by atoms with E-state index in [-0.39, 0.29) is 17.8 Å². The fourth-order valence-corrected chi connectivity index (χ4v) is 6.35. The van der Waals surface area contributed by atoms with Crippen LogP contribution in [0.4, 0.5) is 18.9 Å². The second kappa shape index (κ2) is 10.5. The van der Waals surface area contributed by atoms with Crippen molar-refractivity contribution in [3.05, 3.63) is 85.0 Å². The van der Waals surface area contributed by atoms with E-state index in [1.807, 2.05) is 18.2 Å². The molecule has 1 atom stereocenters. The van der Waals surface area contributed by atoms with E-state index in [1.165, 1.54) is 12.5 Å². The van der Waals surface area contributed by atoms with Gasteiger partial charge in [-0.15, -0.1) is 11.3 Å². The number of ether oxygens (including phenoxy) is 1. The Morgan fingerprint density at radius 3 is 2.47 bits per heavy atom. The molecule has 1 aliphatic rings. The van der Waals surface area contributed by atoms with Crippen LogP contribution in [0, 0.1) is 10.1 Å². The second-order valence-corrected chi connectivity index (χ2v) is 11.4. The summed E-state index contributed by atoms with van der Waals surface area (Å²) in [7, 11) is 0. The normalized spacial score (nSPS) is 15.8. The van der Waals surface area contributed by atoms with Crippen LogP contribution < -0.4 is 11.6 Å². The van der Waals surface area contributed by atoms with E-state index in [4.69, 9.17) is 16.3 Å². The van der Waals surface area contributed by atoms with Crippen molar-refractivity contribution in [1.82, 2.24) is 5.01 Å². The number of benzene rings is 2. The molecule has 4 N–H and O–H groups in total. The zero-order chi connectivity index (χ0) is 27.8. The molecule has 202 valence electrons. The average Bonchev–Trinajstić information content (AvgIpc) is 3.62. The Bertz CT molecular complexity index is 1410. The van der Waals surface area contributed by atoms with Crippen molar-refractivity contribution in [3.8, 4) is 0 Å². The van der Waals surface area contributed by atoms with Crippen molar-refractivity contribution in [2.24, 2.45) is 11.6 Å². The number of nitro groups is 1. The monoisotopic (exact) mass is 612 g/mol. The quantitative estimate of drug-likeness (QED) is 0.122. The smallest absolute Gasteiger partial charge is 0.434 e. The predicted molar refractivity (Wildman–Crippen MR) is 141 cm³/mol. The molecule has 0 spiro atoms. The number of thiophene rings is 1. The van der Waals surface area contributed by atoms with Gasteiger partial charge in [0.2, 0.25) is 5.60 Å². The molecule has 0 bridgehead atoms. The lowest BCUT2D eigenvalue weighted by molar-refractivity contribution is -0.384. The van der Waals surface area contributed by atoms with Gasteiger partial charge in [0, 0.05) is 23.0 Å². The lowest BCUT2D eigenvalue weighted by Gasteiger charge is -2.35. The highest BCUT2D eigenvalue weighted by atomic mass is 79.9. The minimum atomic E-state index is -5.07. The number of hydrogen-bond acceptors (Lipinski definition) is 8. The van der Waals surface area contributed by atoms with Gasteiger partial charge in [0.1, 0.15) is 0 Å². The van der Waals surface area contributed by atoms with Crippen LogP contribution in [0.3, 0.4) is 0 Å². The van der Waals surface area contributed by atoms with Crippen molar-refractivity contribution in [2.45, 2.75) is 50.4 Å². The maximum atomic E-state index is 14.3. The van der Waals surface area contributed by atoms with Crippen molar-refractivity contribution >= 4 is 49.0 Å². The van der Waals surface area contributed by atoms with Gasteiger partial charge in [-0.1, -0.05) is 19.1 Å². The standard InChI is InChI=1S/C25H24BrF3N4O4S/c1-2-24(25(27,28)29,37-23(34)16-6-8-17(9-7-16)33(35)36)20(30)13-32(31)12-14-3-10-18-19(11-14)38-22(26)21(18)15-4-5-15/h3,6-11,13,15H,2,4-5,12,30-31H2,1H3/b20-13-. The number of alkyl halides is 3. The van der Waals surface area contributed by atoms with Crippen LogP contribution in [-0.2, 0) is 11.3 Å². The molecule has 1 unspecified atom stereocenters. The number of nitrogens with two attached hydrogens (primary N) is 2. The fraction of sp³-hybridized carbons (Fsp3) is 0.320. The lowest BCUT2D eigenvalue weighted by atomic mass is 9.95. The molecular formula is C25H24BrF3N4O4S. The van der Waals surface area contributed by atoms with Gasteiger partial charge < -0.3 is 15.5 Å².